The highest BCUT2D eigenvalue weighted by atomic mass is 16.4. The molecule has 1 heterocycles. The minimum absolute atomic E-state index is 0.0335. The summed E-state index contributed by atoms with van der Waals surface area (Å²) in [6.07, 6.45) is 2.09. The first kappa shape index (κ1) is 32.1. The first-order valence-corrected chi connectivity index (χ1v) is 14.1. The molecule has 0 bridgehead atoms. The van der Waals surface area contributed by atoms with Crippen molar-refractivity contribution in [2.24, 2.45) is 17.6 Å². The number of para-hydroxylation sites is 1. The molecule has 3 rings (SSSR count). The Morgan fingerprint density at radius 3 is 2.02 bits per heavy atom. The van der Waals surface area contributed by atoms with Gasteiger partial charge >= 0.3 is 5.97 Å². The van der Waals surface area contributed by atoms with E-state index in [0.717, 1.165) is 16.5 Å². The van der Waals surface area contributed by atoms with Crippen molar-refractivity contribution in [3.05, 3.63) is 65.9 Å². The van der Waals surface area contributed by atoms with Gasteiger partial charge < -0.3 is 36.9 Å². The number of aromatic hydroxyl groups is 1. The number of carbonyl (C=O) groups excluding carboxylic acids is 3. The second-order valence-corrected chi connectivity index (χ2v) is 11.4. The van der Waals surface area contributed by atoms with Gasteiger partial charge in [0.2, 0.25) is 17.7 Å². The van der Waals surface area contributed by atoms with Gasteiger partial charge in [-0.25, -0.2) is 4.79 Å². The topological polar surface area (TPSA) is 187 Å². The number of aromatic nitrogens is 1. The van der Waals surface area contributed by atoms with E-state index in [1.54, 1.807) is 32.2 Å². The highest BCUT2D eigenvalue weighted by Gasteiger charge is 2.32. The summed E-state index contributed by atoms with van der Waals surface area (Å²) >= 11 is 0. The van der Waals surface area contributed by atoms with Gasteiger partial charge in [0.15, 0.2) is 0 Å². The second kappa shape index (κ2) is 14.5. The van der Waals surface area contributed by atoms with Crippen LogP contribution in [0.5, 0.6) is 5.75 Å². The van der Waals surface area contributed by atoms with Gasteiger partial charge in [-0.15, -0.1) is 0 Å². The standard InChI is InChI=1S/C31H41N5O6/c1-17(2)13-24(35-30(40)27(32)18(3)4)28(38)34-25(15-20-16-33-23-8-6-5-7-22(20)23)29(39)36-26(31(41)42)14-19-9-11-21(37)12-10-19/h5-12,16-18,24-27,33,37H,13-15,32H2,1-4H3,(H,34,38)(H,35,40)(H,36,39)(H,41,42). The number of phenols is 1. The van der Waals surface area contributed by atoms with Crippen LogP contribution >= 0.6 is 0 Å². The second-order valence-electron chi connectivity index (χ2n) is 11.4. The zero-order valence-corrected chi connectivity index (χ0v) is 24.4. The van der Waals surface area contributed by atoms with Crippen LogP contribution in [0.3, 0.4) is 0 Å². The monoisotopic (exact) mass is 579 g/mol. The van der Waals surface area contributed by atoms with Crippen molar-refractivity contribution in [2.75, 3.05) is 0 Å². The first-order chi connectivity index (χ1) is 19.8. The van der Waals surface area contributed by atoms with Crippen molar-refractivity contribution in [3.8, 4) is 5.75 Å². The summed E-state index contributed by atoms with van der Waals surface area (Å²) in [7, 11) is 0. The maximum absolute atomic E-state index is 13.6. The molecule has 3 amide bonds. The summed E-state index contributed by atoms with van der Waals surface area (Å²) in [6, 6.07) is 9.32. The lowest BCUT2D eigenvalue weighted by atomic mass is 9.99. The number of carbonyl (C=O) groups is 4. The number of amides is 3. The fourth-order valence-corrected chi connectivity index (χ4v) is 4.62. The molecule has 1 aromatic heterocycles. The number of phenolic OH excluding ortho intramolecular Hbond substituents is 1. The molecule has 3 aromatic rings. The lowest BCUT2D eigenvalue weighted by Gasteiger charge is -2.26. The van der Waals surface area contributed by atoms with E-state index in [1.165, 1.54) is 12.1 Å². The Morgan fingerprint density at radius 2 is 1.40 bits per heavy atom. The molecule has 4 unspecified atom stereocenters. The summed E-state index contributed by atoms with van der Waals surface area (Å²) in [4.78, 5) is 55.2. The molecule has 0 aliphatic heterocycles. The van der Waals surface area contributed by atoms with Gasteiger partial charge in [0.1, 0.15) is 23.9 Å². The number of nitrogens with one attached hydrogen (secondary N) is 4. The predicted octanol–water partition coefficient (Wildman–Crippen LogP) is 2.23. The Kier molecular flexibility index (Phi) is 11.1. The van der Waals surface area contributed by atoms with Crippen molar-refractivity contribution in [1.82, 2.24) is 20.9 Å². The van der Waals surface area contributed by atoms with Gasteiger partial charge in [-0.05, 0) is 47.6 Å². The summed E-state index contributed by atoms with van der Waals surface area (Å²) in [6.45, 7) is 7.43. The van der Waals surface area contributed by atoms with E-state index in [1.807, 2.05) is 38.1 Å². The number of fused-ring (bicyclic) bond motifs is 1. The first-order valence-electron chi connectivity index (χ1n) is 14.1. The normalized spacial score (nSPS) is 14.3. The maximum atomic E-state index is 13.6. The summed E-state index contributed by atoms with van der Waals surface area (Å²) in [5, 5.41) is 28.3. The number of aliphatic carboxylic acids is 1. The summed E-state index contributed by atoms with van der Waals surface area (Å²) in [5.74, 6) is -3.04. The molecule has 11 heteroatoms. The van der Waals surface area contributed by atoms with E-state index in [9.17, 15) is 29.4 Å². The molecule has 0 aliphatic rings. The molecule has 0 aliphatic carbocycles. The van der Waals surface area contributed by atoms with E-state index >= 15 is 0 Å². The van der Waals surface area contributed by atoms with Gasteiger partial charge in [0, 0.05) is 29.9 Å². The minimum Gasteiger partial charge on any atom is -0.508 e. The zero-order valence-electron chi connectivity index (χ0n) is 24.4. The largest absolute Gasteiger partial charge is 0.508 e. The molecule has 11 nitrogen and oxygen atoms in total. The fraction of sp³-hybridized carbons (Fsp3) is 0.419. The third-order valence-corrected chi connectivity index (χ3v) is 7.08. The number of rotatable bonds is 14. The predicted molar refractivity (Wildman–Crippen MR) is 160 cm³/mol. The lowest BCUT2D eigenvalue weighted by molar-refractivity contribution is -0.142. The molecule has 226 valence electrons. The molecule has 0 saturated carbocycles. The molecule has 8 N–H and O–H groups in total. The van der Waals surface area contributed by atoms with Crippen LogP contribution in [-0.2, 0) is 32.0 Å². The number of hydrogen-bond acceptors (Lipinski definition) is 6. The number of benzene rings is 2. The average Bonchev–Trinajstić information content (AvgIpc) is 3.34. The molecule has 0 radical (unpaired) electrons. The number of carboxylic acids is 1. The molecular formula is C31H41N5O6. The Hall–Kier alpha value is -4.38. The van der Waals surface area contributed by atoms with Crippen molar-refractivity contribution < 1.29 is 29.4 Å². The Bertz CT molecular complexity index is 1380. The van der Waals surface area contributed by atoms with Crippen LogP contribution in [0.2, 0.25) is 0 Å². The molecule has 0 fully saturated rings. The average molecular weight is 580 g/mol. The Morgan fingerprint density at radius 1 is 0.810 bits per heavy atom. The van der Waals surface area contributed by atoms with Crippen molar-refractivity contribution >= 4 is 34.6 Å². The lowest BCUT2D eigenvalue weighted by Crippen LogP contribution is -2.58. The highest BCUT2D eigenvalue weighted by molar-refractivity contribution is 5.95. The molecular weight excluding hydrogens is 538 g/mol. The Labute approximate surface area is 245 Å². The van der Waals surface area contributed by atoms with Gasteiger partial charge in [-0.2, -0.15) is 0 Å². The third-order valence-electron chi connectivity index (χ3n) is 7.08. The van der Waals surface area contributed by atoms with Gasteiger partial charge in [0.25, 0.3) is 0 Å². The number of nitrogens with two attached hydrogens (primary N) is 1. The van der Waals surface area contributed by atoms with Crippen LogP contribution in [0.25, 0.3) is 10.9 Å². The van der Waals surface area contributed by atoms with Crippen LogP contribution in [-0.4, -0.2) is 63.1 Å². The summed E-state index contributed by atoms with van der Waals surface area (Å²) in [5.41, 5.74) is 8.20. The fourth-order valence-electron chi connectivity index (χ4n) is 4.62. The zero-order chi connectivity index (χ0) is 31.0. The van der Waals surface area contributed by atoms with Gasteiger partial charge in [0.05, 0.1) is 6.04 Å². The minimum atomic E-state index is -1.29. The van der Waals surface area contributed by atoms with Crippen LogP contribution < -0.4 is 21.7 Å². The van der Waals surface area contributed by atoms with E-state index < -0.39 is 47.9 Å². The van der Waals surface area contributed by atoms with Crippen LogP contribution in [0, 0.1) is 11.8 Å². The van der Waals surface area contributed by atoms with Crippen LogP contribution in [0.1, 0.15) is 45.2 Å². The third kappa shape index (κ3) is 8.81. The molecule has 0 spiro atoms. The Balaban J connectivity index is 1.87. The molecule has 2 aromatic carbocycles. The van der Waals surface area contributed by atoms with E-state index in [2.05, 4.69) is 20.9 Å². The van der Waals surface area contributed by atoms with Crippen LogP contribution in [0.4, 0.5) is 0 Å². The SMILES string of the molecule is CC(C)CC(NC(=O)C(N)C(C)C)C(=O)NC(Cc1c[nH]c2ccccc12)C(=O)NC(Cc1ccc(O)cc1)C(=O)O. The highest BCUT2D eigenvalue weighted by Crippen LogP contribution is 2.20. The number of aromatic amines is 1. The van der Waals surface area contributed by atoms with Crippen molar-refractivity contribution in [1.29, 1.82) is 0 Å². The van der Waals surface area contributed by atoms with Gasteiger partial charge in [-0.3, -0.25) is 14.4 Å². The molecule has 4 atom stereocenters. The quantitative estimate of drug-likeness (QED) is 0.152. The van der Waals surface area contributed by atoms with Crippen molar-refractivity contribution in [2.45, 2.75) is 71.1 Å². The van der Waals surface area contributed by atoms with E-state index in [-0.39, 0.29) is 30.4 Å². The molecule has 42 heavy (non-hydrogen) atoms. The molecule has 0 saturated heterocycles. The van der Waals surface area contributed by atoms with E-state index in [0.29, 0.717) is 12.0 Å². The summed E-state index contributed by atoms with van der Waals surface area (Å²) < 4.78 is 0. The van der Waals surface area contributed by atoms with Crippen molar-refractivity contribution in [3.63, 3.8) is 0 Å². The number of carboxylic acid groups (broad SMARTS) is 1. The smallest absolute Gasteiger partial charge is 0.326 e. The van der Waals surface area contributed by atoms with E-state index in [4.69, 9.17) is 5.73 Å². The van der Waals surface area contributed by atoms with Crippen LogP contribution in [0.15, 0.2) is 54.7 Å². The number of hydrogen-bond donors (Lipinski definition) is 7. The maximum Gasteiger partial charge on any atom is 0.326 e. The number of H-pyrrole nitrogens is 1. The van der Waals surface area contributed by atoms with Gasteiger partial charge in [-0.1, -0.05) is 58.0 Å².